The minimum atomic E-state index is -0.489. The van der Waals surface area contributed by atoms with Crippen molar-refractivity contribution < 1.29 is 14.3 Å². The normalized spacial score (nSPS) is 13.4. The lowest BCUT2D eigenvalue weighted by Crippen LogP contribution is -2.42. The van der Waals surface area contributed by atoms with Gasteiger partial charge in [0.2, 0.25) is 5.91 Å². The van der Waals surface area contributed by atoms with Crippen LogP contribution in [0.1, 0.15) is 24.9 Å². The van der Waals surface area contributed by atoms with Crippen molar-refractivity contribution in [3.8, 4) is 11.5 Å². The number of amides is 1. The average molecular weight is 312 g/mol. The molecule has 0 saturated carbocycles. The summed E-state index contributed by atoms with van der Waals surface area (Å²) in [5.74, 6) is 2.15. The van der Waals surface area contributed by atoms with Crippen molar-refractivity contribution in [2.75, 3.05) is 26.2 Å². The number of carbonyl (C=O) groups excluding carboxylic acids is 1. The molecule has 0 aliphatic rings. The average Bonchev–Trinajstić information content (AvgIpc) is 2.51. The summed E-state index contributed by atoms with van der Waals surface area (Å²) in [6, 6.07) is 4.81. The maximum absolute atomic E-state index is 12.1. The van der Waals surface area contributed by atoms with Gasteiger partial charge in [-0.1, -0.05) is 0 Å². The van der Waals surface area contributed by atoms with E-state index in [0.29, 0.717) is 12.2 Å². The Balaban J connectivity index is 2.78. The lowest BCUT2D eigenvalue weighted by molar-refractivity contribution is -0.123. The molecule has 3 N–H and O–H groups in total. The minimum absolute atomic E-state index is 0.151. The van der Waals surface area contributed by atoms with Crippen LogP contribution < -0.4 is 20.5 Å². The van der Waals surface area contributed by atoms with Crippen molar-refractivity contribution in [2.24, 2.45) is 5.73 Å². The molecule has 0 aromatic heterocycles. The Bertz CT molecular complexity index is 468. The van der Waals surface area contributed by atoms with E-state index in [2.05, 4.69) is 5.32 Å². The van der Waals surface area contributed by atoms with Crippen LogP contribution in [0.5, 0.6) is 11.5 Å². The molecule has 0 aliphatic heterocycles. The van der Waals surface area contributed by atoms with Crippen molar-refractivity contribution in [1.29, 1.82) is 0 Å². The second-order valence-electron chi connectivity index (χ2n) is 4.73. The molecule has 21 heavy (non-hydrogen) atoms. The summed E-state index contributed by atoms with van der Waals surface area (Å²) >= 11 is 1.68. The number of rotatable bonds is 8. The van der Waals surface area contributed by atoms with Gasteiger partial charge in [0.1, 0.15) is 11.5 Å². The van der Waals surface area contributed by atoms with E-state index in [1.54, 1.807) is 26.0 Å². The Morgan fingerprint density at radius 2 is 2.10 bits per heavy atom. The highest BCUT2D eigenvalue weighted by Gasteiger charge is 2.19. The third-order valence-electron chi connectivity index (χ3n) is 3.23. The molecule has 0 saturated heterocycles. The van der Waals surface area contributed by atoms with Crippen molar-refractivity contribution in [3.05, 3.63) is 23.8 Å². The number of nitrogens with one attached hydrogen (secondary N) is 1. The van der Waals surface area contributed by atoms with Crippen LogP contribution in [-0.2, 0) is 4.79 Å². The summed E-state index contributed by atoms with van der Waals surface area (Å²) in [6.45, 7) is 1.90. The highest BCUT2D eigenvalue weighted by atomic mass is 32.2. The number of ether oxygens (including phenoxy) is 2. The van der Waals surface area contributed by atoms with Gasteiger partial charge in [-0.25, -0.2) is 0 Å². The van der Waals surface area contributed by atoms with Gasteiger partial charge in [0.25, 0.3) is 0 Å². The topological polar surface area (TPSA) is 73.6 Å². The summed E-state index contributed by atoms with van der Waals surface area (Å²) in [6.07, 6.45) is 2.66. The third kappa shape index (κ3) is 5.13. The number of benzene rings is 1. The first kappa shape index (κ1) is 17.7. The first-order valence-corrected chi connectivity index (χ1v) is 8.19. The number of hydrogen-bond donors (Lipinski definition) is 2. The molecule has 1 aromatic carbocycles. The van der Waals surface area contributed by atoms with E-state index in [1.165, 1.54) is 0 Å². The molecule has 0 aliphatic carbocycles. The maximum Gasteiger partial charge on any atom is 0.237 e. The summed E-state index contributed by atoms with van der Waals surface area (Å²) in [5.41, 5.74) is 6.74. The molecule has 118 valence electrons. The molecule has 0 bridgehead atoms. The van der Waals surface area contributed by atoms with E-state index < -0.39 is 6.04 Å². The van der Waals surface area contributed by atoms with Crippen molar-refractivity contribution in [2.45, 2.75) is 25.4 Å². The van der Waals surface area contributed by atoms with Gasteiger partial charge in [-0.2, -0.15) is 11.8 Å². The van der Waals surface area contributed by atoms with Crippen molar-refractivity contribution in [1.82, 2.24) is 5.32 Å². The first-order valence-electron chi connectivity index (χ1n) is 6.80. The Morgan fingerprint density at radius 1 is 1.38 bits per heavy atom. The van der Waals surface area contributed by atoms with Crippen LogP contribution in [0.3, 0.4) is 0 Å². The Hall–Kier alpha value is -1.40. The lowest BCUT2D eigenvalue weighted by Gasteiger charge is -2.20. The second-order valence-corrected chi connectivity index (χ2v) is 5.71. The second kappa shape index (κ2) is 8.79. The zero-order chi connectivity index (χ0) is 15.8. The molecule has 1 aromatic rings. The molecule has 5 nitrogen and oxygen atoms in total. The lowest BCUT2D eigenvalue weighted by atomic mass is 10.1. The van der Waals surface area contributed by atoms with Crippen molar-refractivity contribution >= 4 is 17.7 Å². The molecular weight excluding hydrogens is 288 g/mol. The van der Waals surface area contributed by atoms with Crippen LogP contribution in [0.2, 0.25) is 0 Å². The number of hydrogen-bond acceptors (Lipinski definition) is 5. The van der Waals surface area contributed by atoms with Gasteiger partial charge in [0.15, 0.2) is 0 Å². The van der Waals surface area contributed by atoms with E-state index in [1.807, 2.05) is 31.4 Å². The molecule has 2 atom stereocenters. The standard InChI is InChI=1S/C15H24N2O3S/c1-10(17-15(18)13(16)7-8-21-4)12-9-11(19-2)5-6-14(12)20-3/h5-6,9-10,13H,7-8,16H2,1-4H3,(H,17,18)/t10?,13-/m1/s1. The van der Waals surface area contributed by atoms with Gasteiger partial charge in [0, 0.05) is 5.56 Å². The molecule has 1 unspecified atom stereocenters. The van der Waals surface area contributed by atoms with Crippen LogP contribution in [-0.4, -0.2) is 38.2 Å². The molecular formula is C15H24N2O3S. The van der Waals surface area contributed by atoms with Crippen LogP contribution in [0.4, 0.5) is 0 Å². The van der Waals surface area contributed by atoms with Crippen LogP contribution in [0.15, 0.2) is 18.2 Å². The first-order chi connectivity index (χ1) is 10.0. The fourth-order valence-electron chi connectivity index (χ4n) is 1.95. The predicted octanol–water partition coefficient (Wildman–Crippen LogP) is 1.96. The molecule has 0 heterocycles. The largest absolute Gasteiger partial charge is 0.497 e. The Kier molecular flexibility index (Phi) is 7.39. The summed E-state index contributed by atoms with van der Waals surface area (Å²) < 4.78 is 10.5. The Morgan fingerprint density at radius 3 is 2.67 bits per heavy atom. The molecule has 6 heteroatoms. The number of methoxy groups -OCH3 is 2. The maximum atomic E-state index is 12.1. The van der Waals surface area contributed by atoms with E-state index >= 15 is 0 Å². The fraction of sp³-hybridized carbons (Fsp3) is 0.533. The van der Waals surface area contributed by atoms with Crippen LogP contribution >= 0.6 is 11.8 Å². The van der Waals surface area contributed by atoms with Crippen molar-refractivity contribution in [3.63, 3.8) is 0 Å². The number of nitrogens with two attached hydrogens (primary N) is 1. The fourth-order valence-corrected chi connectivity index (χ4v) is 2.44. The van der Waals surface area contributed by atoms with Crippen LogP contribution in [0.25, 0.3) is 0 Å². The van der Waals surface area contributed by atoms with E-state index in [9.17, 15) is 4.79 Å². The van der Waals surface area contributed by atoms with Gasteiger partial charge in [-0.05, 0) is 43.6 Å². The van der Waals surface area contributed by atoms with Gasteiger partial charge in [0.05, 0.1) is 26.3 Å². The zero-order valence-electron chi connectivity index (χ0n) is 13.0. The predicted molar refractivity (Wildman–Crippen MR) is 87.1 cm³/mol. The monoisotopic (exact) mass is 312 g/mol. The quantitative estimate of drug-likeness (QED) is 0.767. The SMILES string of the molecule is COc1ccc(OC)c(C(C)NC(=O)[C@H](N)CCSC)c1. The van der Waals surface area contributed by atoms with E-state index in [4.69, 9.17) is 15.2 Å². The molecule has 0 spiro atoms. The Labute approximate surface area is 130 Å². The van der Waals surface area contributed by atoms with Gasteiger partial charge in [-0.15, -0.1) is 0 Å². The summed E-state index contributed by atoms with van der Waals surface area (Å²) in [4.78, 5) is 12.1. The summed E-state index contributed by atoms with van der Waals surface area (Å²) in [7, 11) is 3.21. The van der Waals surface area contributed by atoms with Gasteiger partial charge < -0.3 is 20.5 Å². The molecule has 0 fully saturated rings. The molecule has 1 amide bonds. The van der Waals surface area contributed by atoms with E-state index in [-0.39, 0.29) is 11.9 Å². The molecule has 0 radical (unpaired) electrons. The van der Waals surface area contributed by atoms with E-state index in [0.717, 1.165) is 17.1 Å². The van der Waals surface area contributed by atoms with Gasteiger partial charge in [-0.3, -0.25) is 4.79 Å². The smallest absolute Gasteiger partial charge is 0.237 e. The van der Waals surface area contributed by atoms with Gasteiger partial charge >= 0.3 is 0 Å². The molecule has 1 rings (SSSR count). The minimum Gasteiger partial charge on any atom is -0.497 e. The number of carbonyl (C=O) groups is 1. The third-order valence-corrected chi connectivity index (χ3v) is 3.88. The zero-order valence-corrected chi connectivity index (χ0v) is 13.8. The highest BCUT2D eigenvalue weighted by molar-refractivity contribution is 7.98. The highest BCUT2D eigenvalue weighted by Crippen LogP contribution is 2.29. The number of thioether (sulfide) groups is 1. The van der Waals surface area contributed by atoms with Crippen LogP contribution in [0, 0.1) is 0 Å². The summed E-state index contributed by atoms with van der Waals surface area (Å²) in [5, 5.41) is 2.92.